The summed E-state index contributed by atoms with van der Waals surface area (Å²) in [5, 5.41) is 1.25. The van der Waals surface area contributed by atoms with E-state index < -0.39 is 0 Å². The van der Waals surface area contributed by atoms with E-state index in [9.17, 15) is 4.79 Å². The molecule has 1 saturated carbocycles. The number of carbonyl (C=O) groups is 1. The Morgan fingerprint density at radius 2 is 1.89 bits per heavy atom. The molecule has 1 aliphatic heterocycles. The topological polar surface area (TPSA) is 29.5 Å². The molecule has 0 bridgehead atoms. The molecule has 0 saturated heterocycles. The highest BCUT2D eigenvalue weighted by Crippen LogP contribution is 2.52. The Balaban J connectivity index is 0.00000361. The van der Waals surface area contributed by atoms with Gasteiger partial charge in [0.2, 0.25) is 0 Å². The fourth-order valence-corrected chi connectivity index (χ4v) is 7.26. The molecule has 2 aromatic carbocycles. The molecule has 1 aliphatic carbocycles. The van der Waals surface area contributed by atoms with Crippen LogP contribution in [0.25, 0.3) is 0 Å². The van der Waals surface area contributed by atoms with E-state index in [2.05, 4.69) is 50.8 Å². The van der Waals surface area contributed by atoms with Gasteiger partial charge in [-0.1, -0.05) is 101 Å². The van der Waals surface area contributed by atoms with Gasteiger partial charge in [-0.2, -0.15) is 0 Å². The first-order chi connectivity index (χ1) is 16.7. The van der Waals surface area contributed by atoms with Crippen LogP contribution >= 0.6 is 23.2 Å². The van der Waals surface area contributed by atoms with Gasteiger partial charge in [0.1, 0.15) is 0 Å². The summed E-state index contributed by atoms with van der Waals surface area (Å²) >= 11 is 13.8. The second kappa shape index (κ2) is 12.3. The number of amides is 1. The van der Waals surface area contributed by atoms with Gasteiger partial charge in [-0.05, 0) is 65.2 Å². The summed E-state index contributed by atoms with van der Waals surface area (Å²) in [5.41, 5.74) is 3.73. The highest BCUT2D eigenvalue weighted by Gasteiger charge is 2.48. The van der Waals surface area contributed by atoms with Gasteiger partial charge in [0.05, 0.1) is 17.2 Å². The number of fused-ring (bicyclic) bond motifs is 3. The number of hydrogen-bond donors (Lipinski definition) is 0. The smallest absolute Gasteiger partial charge is 0.255 e. The summed E-state index contributed by atoms with van der Waals surface area (Å²) in [6, 6.07) is 12.3. The first-order valence-corrected chi connectivity index (χ1v) is 13.9. The van der Waals surface area contributed by atoms with E-state index in [-0.39, 0.29) is 24.7 Å². The molecule has 0 radical (unpaired) electrons. The van der Waals surface area contributed by atoms with Gasteiger partial charge < -0.3 is 9.64 Å². The van der Waals surface area contributed by atoms with Crippen LogP contribution in [-0.2, 0) is 16.8 Å². The number of unbranched alkanes of at least 4 members (excludes halogenated alkanes) is 1. The van der Waals surface area contributed by atoms with Crippen LogP contribution in [0.2, 0.25) is 10.0 Å². The number of halogens is 2. The molecule has 5 heteroatoms. The van der Waals surface area contributed by atoms with Crippen LogP contribution < -0.4 is 0 Å². The molecule has 1 fully saturated rings. The predicted octanol–water partition coefficient (Wildman–Crippen LogP) is 8.90. The van der Waals surface area contributed by atoms with E-state index in [0.717, 1.165) is 43.5 Å². The quantitative estimate of drug-likeness (QED) is 0.318. The first kappa shape index (κ1) is 29.0. The molecular weight excluding hydrogens is 489 g/mol. The van der Waals surface area contributed by atoms with Crippen LogP contribution in [0.4, 0.5) is 0 Å². The van der Waals surface area contributed by atoms with Gasteiger partial charge >= 0.3 is 0 Å². The maximum atomic E-state index is 14.0. The predicted molar refractivity (Wildman–Crippen MR) is 152 cm³/mol. The molecule has 3 atom stereocenters. The summed E-state index contributed by atoms with van der Waals surface area (Å²) in [6.45, 7) is 11.7. The summed E-state index contributed by atoms with van der Waals surface area (Å²) in [6.07, 6.45) is 5.28. The lowest BCUT2D eigenvalue weighted by atomic mass is 9.59. The number of carbonyl (C=O) groups excluding carboxylic acids is 1. The average Bonchev–Trinajstić information content (AvgIpc) is 2.90. The van der Waals surface area contributed by atoms with Crippen molar-refractivity contribution in [1.82, 2.24) is 4.90 Å². The average molecular weight is 533 g/mol. The fourth-order valence-electron chi connectivity index (χ4n) is 6.29. The Hall–Kier alpha value is -1.55. The van der Waals surface area contributed by atoms with Crippen molar-refractivity contribution in [2.75, 3.05) is 19.7 Å². The maximum Gasteiger partial charge on any atom is 0.255 e. The van der Waals surface area contributed by atoms with E-state index in [1.165, 1.54) is 18.4 Å². The molecule has 2 aliphatic rings. The van der Waals surface area contributed by atoms with Gasteiger partial charge in [-0.3, -0.25) is 4.79 Å². The van der Waals surface area contributed by atoms with E-state index in [4.69, 9.17) is 27.9 Å². The van der Waals surface area contributed by atoms with Gasteiger partial charge in [0.15, 0.2) is 0 Å². The number of rotatable bonds is 8. The van der Waals surface area contributed by atoms with Crippen LogP contribution in [0.5, 0.6) is 0 Å². The summed E-state index contributed by atoms with van der Waals surface area (Å²) in [5.74, 6) is 1.16. The zero-order chi connectivity index (χ0) is 25.2. The highest BCUT2D eigenvalue weighted by atomic mass is 35.5. The van der Waals surface area contributed by atoms with Crippen LogP contribution in [0, 0.1) is 11.8 Å². The zero-order valence-corrected chi connectivity index (χ0v) is 23.1. The number of nitrogens with zero attached hydrogens (tertiary/aromatic N) is 1. The van der Waals surface area contributed by atoms with Gasteiger partial charge in [-0.25, -0.2) is 0 Å². The number of benzene rings is 2. The third-order valence-corrected chi connectivity index (χ3v) is 9.01. The minimum atomic E-state index is -0.0982. The SMILES string of the molecule is C.CC(C)c1c(Cl)cc2c(c1Cl)C(=O)N(CCCCOCc1ccccc1)CC1C(C)CCCC21C. The standard InChI is InChI=1S/C30H39Cl2NO2.CH4/c1-20(2)26-25(31)17-23-27(28(26)32)29(34)33(18-24-21(3)11-10-14-30(23,24)4)15-8-9-16-35-19-22-12-6-5-7-13-22;/h5-7,12-13,17,20-21,24H,8-11,14-16,18-19H2,1-4H3;1H4. The van der Waals surface area contributed by atoms with Gasteiger partial charge in [0, 0.05) is 24.7 Å². The Bertz CT molecular complexity index is 1040. The van der Waals surface area contributed by atoms with Crippen LogP contribution in [0.3, 0.4) is 0 Å². The van der Waals surface area contributed by atoms with E-state index in [1.54, 1.807) is 0 Å². The largest absolute Gasteiger partial charge is 0.377 e. The number of ether oxygens (including phenoxy) is 1. The summed E-state index contributed by atoms with van der Waals surface area (Å²) < 4.78 is 5.87. The molecular formula is C31H43Cl2NO2. The van der Waals surface area contributed by atoms with Crippen molar-refractivity contribution in [2.45, 2.75) is 85.2 Å². The Morgan fingerprint density at radius 3 is 2.58 bits per heavy atom. The van der Waals surface area contributed by atoms with E-state index >= 15 is 0 Å². The minimum absolute atomic E-state index is 0. The third-order valence-electron chi connectivity index (χ3n) is 8.30. The Kier molecular flexibility index (Phi) is 9.94. The molecule has 3 nitrogen and oxygen atoms in total. The van der Waals surface area contributed by atoms with E-state index in [0.29, 0.717) is 40.7 Å². The molecule has 4 rings (SSSR count). The molecule has 198 valence electrons. The third kappa shape index (κ3) is 5.79. The van der Waals surface area contributed by atoms with Crippen molar-refractivity contribution >= 4 is 29.1 Å². The van der Waals surface area contributed by atoms with Gasteiger partial charge in [0.25, 0.3) is 5.91 Å². The van der Waals surface area contributed by atoms with Crippen molar-refractivity contribution < 1.29 is 9.53 Å². The molecule has 3 unspecified atom stereocenters. The first-order valence-electron chi connectivity index (χ1n) is 13.2. The normalized spacial score (nSPS) is 23.6. The van der Waals surface area contributed by atoms with Crippen molar-refractivity contribution in [1.29, 1.82) is 0 Å². The molecule has 1 amide bonds. The molecule has 0 spiro atoms. The van der Waals surface area contributed by atoms with Crippen LogP contribution in [0.1, 0.15) is 100 Å². The van der Waals surface area contributed by atoms with Gasteiger partial charge in [-0.15, -0.1) is 0 Å². The monoisotopic (exact) mass is 531 g/mol. The molecule has 1 heterocycles. The lowest BCUT2D eigenvalue weighted by Crippen LogP contribution is -2.45. The molecule has 2 aromatic rings. The molecule has 36 heavy (non-hydrogen) atoms. The fraction of sp³-hybridized carbons (Fsp3) is 0.581. The van der Waals surface area contributed by atoms with Crippen LogP contribution in [-0.4, -0.2) is 30.5 Å². The van der Waals surface area contributed by atoms with E-state index in [1.807, 2.05) is 18.2 Å². The maximum absolute atomic E-state index is 14.0. The summed E-state index contributed by atoms with van der Waals surface area (Å²) in [7, 11) is 0. The lowest BCUT2D eigenvalue weighted by molar-refractivity contribution is 0.0611. The van der Waals surface area contributed by atoms with Crippen molar-refractivity contribution in [3.05, 3.63) is 68.7 Å². The second-order valence-corrected chi connectivity index (χ2v) is 11.8. The van der Waals surface area contributed by atoms with Crippen LogP contribution in [0.15, 0.2) is 36.4 Å². The Morgan fingerprint density at radius 1 is 1.17 bits per heavy atom. The molecule has 0 aromatic heterocycles. The van der Waals surface area contributed by atoms with Crippen molar-refractivity contribution in [2.24, 2.45) is 11.8 Å². The number of hydrogen-bond acceptors (Lipinski definition) is 2. The highest BCUT2D eigenvalue weighted by molar-refractivity contribution is 6.38. The van der Waals surface area contributed by atoms with Crippen molar-refractivity contribution in [3.63, 3.8) is 0 Å². The zero-order valence-electron chi connectivity index (χ0n) is 21.6. The molecule has 0 N–H and O–H groups in total. The minimum Gasteiger partial charge on any atom is -0.377 e. The summed E-state index contributed by atoms with van der Waals surface area (Å²) in [4.78, 5) is 16.1. The van der Waals surface area contributed by atoms with Crippen molar-refractivity contribution in [3.8, 4) is 0 Å². The lowest BCUT2D eigenvalue weighted by Gasteiger charge is -2.46. The second-order valence-electron chi connectivity index (χ2n) is 11.1. The Labute approximate surface area is 228 Å².